The van der Waals surface area contributed by atoms with Gasteiger partial charge in [0.2, 0.25) is 0 Å². The average Bonchev–Trinajstić information content (AvgIpc) is 2.79. The zero-order chi connectivity index (χ0) is 13.6. The van der Waals surface area contributed by atoms with Crippen LogP contribution in [0, 0.1) is 12.7 Å². The molecule has 1 unspecified atom stereocenters. The van der Waals surface area contributed by atoms with Gasteiger partial charge >= 0.3 is 0 Å². The van der Waals surface area contributed by atoms with E-state index in [1.54, 1.807) is 6.07 Å². The second-order valence-electron chi connectivity index (χ2n) is 5.14. The van der Waals surface area contributed by atoms with Crippen molar-refractivity contribution in [3.63, 3.8) is 0 Å². The minimum Gasteiger partial charge on any atom is -0.324 e. The van der Waals surface area contributed by atoms with Crippen LogP contribution in [0.25, 0.3) is 5.69 Å². The number of benzene rings is 1. The van der Waals surface area contributed by atoms with E-state index in [1.165, 1.54) is 11.3 Å². The number of aryl methyl sites for hydroxylation is 1. The molecule has 4 heteroatoms. The number of halogens is 2. The molecule has 0 amide bonds. The van der Waals surface area contributed by atoms with Gasteiger partial charge in [-0.05, 0) is 71.4 Å². The highest BCUT2D eigenvalue weighted by Crippen LogP contribution is 2.32. The lowest BCUT2D eigenvalue weighted by Gasteiger charge is -2.21. The summed E-state index contributed by atoms with van der Waals surface area (Å²) in [5, 5.41) is 0. The van der Waals surface area contributed by atoms with Crippen LogP contribution in [-0.2, 0) is 6.42 Å². The van der Waals surface area contributed by atoms with Crippen molar-refractivity contribution in [3.05, 3.63) is 51.5 Å². The summed E-state index contributed by atoms with van der Waals surface area (Å²) in [7, 11) is 0. The lowest BCUT2D eigenvalue weighted by atomic mass is 9.93. The molecule has 0 saturated carbocycles. The van der Waals surface area contributed by atoms with Crippen molar-refractivity contribution in [2.24, 2.45) is 5.73 Å². The van der Waals surface area contributed by atoms with Gasteiger partial charge in [0, 0.05) is 17.9 Å². The molecule has 100 valence electrons. The third-order valence-electron chi connectivity index (χ3n) is 3.85. The van der Waals surface area contributed by atoms with E-state index in [0.29, 0.717) is 4.47 Å². The van der Waals surface area contributed by atoms with E-state index in [4.69, 9.17) is 5.73 Å². The zero-order valence-electron chi connectivity index (χ0n) is 10.8. The van der Waals surface area contributed by atoms with Crippen molar-refractivity contribution < 1.29 is 4.39 Å². The smallest absolute Gasteiger partial charge is 0.139 e. The van der Waals surface area contributed by atoms with Crippen molar-refractivity contribution in [2.75, 3.05) is 0 Å². The van der Waals surface area contributed by atoms with E-state index in [-0.39, 0.29) is 11.9 Å². The van der Waals surface area contributed by atoms with Crippen LogP contribution in [0.15, 0.2) is 28.9 Å². The zero-order valence-corrected chi connectivity index (χ0v) is 12.4. The van der Waals surface area contributed by atoms with E-state index < -0.39 is 0 Å². The predicted molar refractivity (Wildman–Crippen MR) is 78.0 cm³/mol. The molecule has 2 N–H and O–H groups in total. The van der Waals surface area contributed by atoms with Crippen molar-refractivity contribution in [1.29, 1.82) is 0 Å². The number of nitrogens with zero attached hydrogens (tertiary/aromatic N) is 1. The third kappa shape index (κ3) is 2.13. The quantitative estimate of drug-likeness (QED) is 0.844. The second kappa shape index (κ2) is 4.76. The molecular weight excluding hydrogens is 307 g/mol. The summed E-state index contributed by atoms with van der Waals surface area (Å²) in [6.07, 6.45) is 5.14. The van der Waals surface area contributed by atoms with Gasteiger partial charge < -0.3 is 10.3 Å². The van der Waals surface area contributed by atoms with Crippen LogP contribution in [0.3, 0.4) is 0 Å². The number of rotatable bonds is 1. The maximum atomic E-state index is 13.8. The molecule has 1 aromatic heterocycles. The van der Waals surface area contributed by atoms with Gasteiger partial charge in [-0.3, -0.25) is 0 Å². The van der Waals surface area contributed by atoms with Crippen molar-refractivity contribution in [3.8, 4) is 5.69 Å². The van der Waals surface area contributed by atoms with Crippen LogP contribution in [0.1, 0.15) is 35.7 Å². The normalized spacial score (nSPS) is 18.4. The molecule has 1 aromatic carbocycles. The number of fused-ring (bicyclic) bond motifs is 1. The maximum Gasteiger partial charge on any atom is 0.139 e. The van der Waals surface area contributed by atoms with Crippen LogP contribution in [-0.4, -0.2) is 4.57 Å². The fourth-order valence-electron chi connectivity index (χ4n) is 2.85. The SMILES string of the molecule is Cc1cc(Br)c(F)cc1-n1ccc2c1CCCC2N. The maximum absolute atomic E-state index is 13.8. The molecule has 0 radical (unpaired) electrons. The van der Waals surface area contributed by atoms with E-state index in [1.807, 2.05) is 19.2 Å². The van der Waals surface area contributed by atoms with Gasteiger partial charge in [-0.25, -0.2) is 4.39 Å². The van der Waals surface area contributed by atoms with Crippen molar-refractivity contribution in [2.45, 2.75) is 32.2 Å². The lowest BCUT2D eigenvalue weighted by Crippen LogP contribution is -2.18. The summed E-state index contributed by atoms with van der Waals surface area (Å²) in [6.45, 7) is 1.99. The van der Waals surface area contributed by atoms with Crippen molar-refractivity contribution in [1.82, 2.24) is 4.57 Å². The first kappa shape index (κ1) is 12.9. The minimum atomic E-state index is -0.233. The van der Waals surface area contributed by atoms with E-state index in [0.717, 1.165) is 30.5 Å². The molecule has 1 atom stereocenters. The van der Waals surface area contributed by atoms with Crippen LogP contribution in [0.2, 0.25) is 0 Å². The molecule has 0 fully saturated rings. The van der Waals surface area contributed by atoms with Crippen LogP contribution in [0.5, 0.6) is 0 Å². The van der Waals surface area contributed by atoms with Gasteiger partial charge in [0.15, 0.2) is 0 Å². The molecule has 0 bridgehead atoms. The van der Waals surface area contributed by atoms with E-state index in [2.05, 4.69) is 26.6 Å². The molecule has 1 heterocycles. The van der Waals surface area contributed by atoms with Gasteiger partial charge in [0.05, 0.1) is 10.2 Å². The molecule has 2 aromatic rings. The Kier molecular flexibility index (Phi) is 3.23. The Morgan fingerprint density at radius 1 is 1.42 bits per heavy atom. The van der Waals surface area contributed by atoms with Gasteiger partial charge in [-0.15, -0.1) is 0 Å². The summed E-state index contributed by atoms with van der Waals surface area (Å²) in [6, 6.07) is 5.59. The van der Waals surface area contributed by atoms with E-state index >= 15 is 0 Å². The third-order valence-corrected chi connectivity index (χ3v) is 4.46. The van der Waals surface area contributed by atoms with Crippen molar-refractivity contribution >= 4 is 15.9 Å². The highest BCUT2D eigenvalue weighted by atomic mass is 79.9. The van der Waals surface area contributed by atoms with Crippen LogP contribution in [0.4, 0.5) is 4.39 Å². The fraction of sp³-hybridized carbons (Fsp3) is 0.333. The van der Waals surface area contributed by atoms with E-state index in [9.17, 15) is 4.39 Å². The summed E-state index contributed by atoms with van der Waals surface area (Å²) < 4.78 is 16.4. The minimum absolute atomic E-state index is 0.116. The Hall–Kier alpha value is -1.13. The highest BCUT2D eigenvalue weighted by molar-refractivity contribution is 9.10. The Balaban J connectivity index is 2.16. The van der Waals surface area contributed by atoms with Crippen LogP contribution < -0.4 is 5.73 Å². The lowest BCUT2D eigenvalue weighted by molar-refractivity contribution is 0.559. The first-order valence-electron chi connectivity index (χ1n) is 6.49. The molecule has 1 aliphatic carbocycles. The Bertz CT molecular complexity index is 633. The molecule has 3 rings (SSSR count). The standard InChI is InChI=1S/C15H16BrFN2/c1-9-7-11(16)12(17)8-15(9)19-6-5-10-13(18)3-2-4-14(10)19/h5-8,13H,2-4,18H2,1H3. The second-order valence-corrected chi connectivity index (χ2v) is 5.99. The fourth-order valence-corrected chi connectivity index (χ4v) is 3.31. The van der Waals surface area contributed by atoms with Gasteiger partial charge in [-0.1, -0.05) is 0 Å². The molecule has 19 heavy (non-hydrogen) atoms. The molecular formula is C15H16BrFN2. The number of aromatic nitrogens is 1. The molecule has 0 aliphatic heterocycles. The summed E-state index contributed by atoms with van der Waals surface area (Å²) in [5.41, 5.74) is 10.5. The molecule has 1 aliphatic rings. The van der Waals surface area contributed by atoms with Gasteiger partial charge in [-0.2, -0.15) is 0 Å². The summed E-state index contributed by atoms with van der Waals surface area (Å²) in [5.74, 6) is -0.233. The van der Waals surface area contributed by atoms with Crippen LogP contribution >= 0.6 is 15.9 Å². The number of nitrogens with two attached hydrogens (primary N) is 1. The molecule has 2 nitrogen and oxygen atoms in total. The number of hydrogen-bond acceptors (Lipinski definition) is 1. The highest BCUT2D eigenvalue weighted by Gasteiger charge is 2.21. The first-order chi connectivity index (χ1) is 9.08. The molecule has 0 spiro atoms. The topological polar surface area (TPSA) is 30.9 Å². The predicted octanol–water partition coefficient (Wildman–Crippen LogP) is 4.02. The Labute approximate surface area is 120 Å². The largest absolute Gasteiger partial charge is 0.324 e. The summed E-state index contributed by atoms with van der Waals surface area (Å²) >= 11 is 3.22. The summed E-state index contributed by atoms with van der Waals surface area (Å²) in [4.78, 5) is 0. The Morgan fingerprint density at radius 2 is 2.21 bits per heavy atom. The monoisotopic (exact) mass is 322 g/mol. The Morgan fingerprint density at radius 3 is 3.00 bits per heavy atom. The van der Waals surface area contributed by atoms with Gasteiger partial charge in [0.1, 0.15) is 5.82 Å². The van der Waals surface area contributed by atoms with Gasteiger partial charge in [0.25, 0.3) is 0 Å². The first-order valence-corrected chi connectivity index (χ1v) is 7.29. The number of hydrogen-bond donors (Lipinski definition) is 1. The molecule has 0 saturated heterocycles. The average molecular weight is 323 g/mol.